The number of fused-ring (bicyclic) bond motifs is 1. The van der Waals surface area contributed by atoms with Gasteiger partial charge in [0, 0.05) is 23.5 Å². The first-order valence-corrected chi connectivity index (χ1v) is 5.09. The van der Waals surface area contributed by atoms with Gasteiger partial charge in [-0.2, -0.15) is 0 Å². The van der Waals surface area contributed by atoms with Crippen LogP contribution >= 0.6 is 0 Å². The molecule has 1 aromatic rings. The Hall–Kier alpha value is -1.65. The molecule has 3 aliphatic carbocycles. The van der Waals surface area contributed by atoms with Gasteiger partial charge in [-0.15, -0.1) is 0 Å². The van der Waals surface area contributed by atoms with E-state index in [-0.39, 0.29) is 23.3 Å². The third-order valence-electron chi connectivity index (χ3n) is 3.33. The van der Waals surface area contributed by atoms with Gasteiger partial charge in [0.15, 0.2) is 23.3 Å². The topological polar surface area (TPSA) is 17.1 Å². The average molecular weight is 242 g/mol. The van der Waals surface area contributed by atoms with Crippen LogP contribution in [0.4, 0.5) is 17.6 Å². The Morgan fingerprint density at radius 1 is 0.882 bits per heavy atom. The Morgan fingerprint density at radius 3 is 2.06 bits per heavy atom. The van der Waals surface area contributed by atoms with Gasteiger partial charge in [-0.25, -0.2) is 17.6 Å². The van der Waals surface area contributed by atoms with E-state index in [4.69, 9.17) is 0 Å². The van der Waals surface area contributed by atoms with E-state index in [2.05, 4.69) is 0 Å². The van der Waals surface area contributed by atoms with Crippen LogP contribution in [-0.4, -0.2) is 5.78 Å². The Labute approximate surface area is 93.7 Å². The van der Waals surface area contributed by atoms with Crippen LogP contribution in [0.2, 0.25) is 0 Å². The third-order valence-corrected chi connectivity index (χ3v) is 3.33. The van der Waals surface area contributed by atoms with Crippen molar-refractivity contribution in [1.82, 2.24) is 0 Å². The van der Waals surface area contributed by atoms with Gasteiger partial charge in [0.05, 0.1) is 5.92 Å². The van der Waals surface area contributed by atoms with Crippen molar-refractivity contribution in [2.75, 3.05) is 0 Å². The molecule has 88 valence electrons. The number of carbonyl (C=O) groups excluding carboxylic acids is 1. The molecule has 4 rings (SSSR count). The summed E-state index contributed by atoms with van der Waals surface area (Å²) in [6, 6.07) is 0. The molecule has 0 saturated heterocycles. The summed E-state index contributed by atoms with van der Waals surface area (Å²) >= 11 is 0. The van der Waals surface area contributed by atoms with Gasteiger partial charge in [-0.1, -0.05) is 12.2 Å². The molecular weight excluding hydrogens is 236 g/mol. The summed E-state index contributed by atoms with van der Waals surface area (Å²) < 4.78 is 53.4. The smallest absolute Gasteiger partial charge is 0.197 e. The number of hydrogen-bond donors (Lipinski definition) is 0. The lowest BCUT2D eigenvalue weighted by Gasteiger charge is -2.32. The Bertz CT molecular complexity index is 577. The standard InChI is InChI=1S/C12H6F4O/c13-9-7-4-1-2-5(6(17)3-4)8(7)10(14)12(16)11(9)15/h1-2,4-5H,3H2/t4-,5-/m1/s1. The lowest BCUT2D eigenvalue weighted by molar-refractivity contribution is -0.120. The van der Waals surface area contributed by atoms with E-state index in [9.17, 15) is 22.4 Å². The summed E-state index contributed by atoms with van der Waals surface area (Å²) in [5.41, 5.74) is -0.557. The van der Waals surface area contributed by atoms with Crippen molar-refractivity contribution >= 4 is 5.78 Å². The van der Waals surface area contributed by atoms with Crippen LogP contribution in [-0.2, 0) is 4.79 Å². The number of hydrogen-bond acceptors (Lipinski definition) is 1. The van der Waals surface area contributed by atoms with Crippen LogP contribution < -0.4 is 0 Å². The number of ketones is 1. The van der Waals surface area contributed by atoms with Crippen molar-refractivity contribution in [2.45, 2.75) is 18.3 Å². The molecule has 0 aromatic heterocycles. The zero-order valence-electron chi connectivity index (χ0n) is 8.44. The monoisotopic (exact) mass is 242 g/mol. The zero-order chi connectivity index (χ0) is 12.3. The van der Waals surface area contributed by atoms with E-state index in [1.165, 1.54) is 12.2 Å². The maximum Gasteiger partial charge on any atom is 0.197 e. The molecular formula is C12H6F4O. The van der Waals surface area contributed by atoms with Crippen LogP contribution in [0.25, 0.3) is 0 Å². The molecule has 0 spiro atoms. The maximum atomic E-state index is 13.6. The lowest BCUT2D eigenvalue weighted by Crippen LogP contribution is -2.29. The van der Waals surface area contributed by atoms with Gasteiger partial charge < -0.3 is 0 Å². The Kier molecular flexibility index (Phi) is 1.97. The molecule has 0 fully saturated rings. The minimum absolute atomic E-state index is 0.00952. The number of Topliss-reactive ketones (excluding diaryl/α,β-unsaturated/α-hetero) is 1. The molecule has 1 nitrogen and oxygen atoms in total. The molecule has 2 atom stereocenters. The van der Waals surface area contributed by atoms with Crippen molar-refractivity contribution in [3.05, 3.63) is 46.5 Å². The van der Waals surface area contributed by atoms with Crippen LogP contribution in [0.15, 0.2) is 12.2 Å². The summed E-state index contributed by atoms with van der Waals surface area (Å²) in [7, 11) is 0. The molecule has 1 aromatic carbocycles. The van der Waals surface area contributed by atoms with Crippen molar-refractivity contribution < 1.29 is 22.4 Å². The molecule has 0 amide bonds. The van der Waals surface area contributed by atoms with E-state index in [0.717, 1.165) is 0 Å². The molecule has 0 saturated carbocycles. The number of carbonyl (C=O) groups is 1. The number of rotatable bonds is 0. The quantitative estimate of drug-likeness (QED) is 0.296. The number of halogens is 4. The SMILES string of the molecule is O=C1C[C@H]2C=C[C@H]1c1c(F)c(F)c(F)c(F)c12. The minimum Gasteiger partial charge on any atom is -0.299 e. The first-order valence-electron chi connectivity index (χ1n) is 5.09. The van der Waals surface area contributed by atoms with Crippen molar-refractivity contribution in [3.8, 4) is 0 Å². The summed E-state index contributed by atoms with van der Waals surface area (Å²) in [6.45, 7) is 0. The molecule has 0 radical (unpaired) electrons. The van der Waals surface area contributed by atoms with Crippen LogP contribution in [0.5, 0.6) is 0 Å². The molecule has 17 heavy (non-hydrogen) atoms. The highest BCUT2D eigenvalue weighted by atomic mass is 19.2. The van der Waals surface area contributed by atoms with Crippen molar-refractivity contribution in [3.63, 3.8) is 0 Å². The molecule has 0 unspecified atom stereocenters. The maximum absolute atomic E-state index is 13.6. The van der Waals surface area contributed by atoms with Crippen molar-refractivity contribution in [1.29, 1.82) is 0 Å². The summed E-state index contributed by atoms with van der Waals surface area (Å²) in [5, 5.41) is 0. The second-order valence-corrected chi connectivity index (χ2v) is 4.22. The third kappa shape index (κ3) is 1.16. The highest BCUT2D eigenvalue weighted by Crippen LogP contribution is 2.46. The summed E-state index contributed by atoms with van der Waals surface area (Å²) in [4.78, 5) is 11.5. The minimum atomic E-state index is -1.85. The molecule has 0 N–H and O–H groups in total. The number of benzene rings is 1. The highest BCUT2D eigenvalue weighted by Gasteiger charge is 2.41. The fourth-order valence-corrected chi connectivity index (χ4v) is 2.55. The molecule has 0 aliphatic heterocycles. The molecule has 3 aliphatic rings. The van der Waals surface area contributed by atoms with Crippen LogP contribution in [0.1, 0.15) is 29.4 Å². The molecule has 2 bridgehead atoms. The fourth-order valence-electron chi connectivity index (χ4n) is 2.55. The first-order chi connectivity index (χ1) is 8.02. The van der Waals surface area contributed by atoms with E-state index >= 15 is 0 Å². The first kappa shape index (κ1) is 10.5. The fraction of sp³-hybridized carbons (Fsp3) is 0.250. The number of allylic oxidation sites excluding steroid dienone is 2. The predicted octanol–water partition coefficient (Wildman–Crippen LogP) is 2.95. The van der Waals surface area contributed by atoms with Crippen molar-refractivity contribution in [2.24, 2.45) is 0 Å². The molecule has 5 heteroatoms. The van der Waals surface area contributed by atoms with E-state index in [0.29, 0.717) is 0 Å². The second kappa shape index (κ2) is 3.18. The normalized spacial score (nSPS) is 25.3. The van der Waals surface area contributed by atoms with E-state index < -0.39 is 35.1 Å². The zero-order valence-corrected chi connectivity index (χ0v) is 8.44. The molecule has 0 heterocycles. The predicted molar refractivity (Wildman–Crippen MR) is 50.5 cm³/mol. The van der Waals surface area contributed by atoms with Gasteiger partial charge in [-0.05, 0) is 0 Å². The van der Waals surface area contributed by atoms with Crippen LogP contribution in [0.3, 0.4) is 0 Å². The lowest BCUT2D eigenvalue weighted by atomic mass is 9.70. The van der Waals surface area contributed by atoms with Gasteiger partial charge in [0.1, 0.15) is 5.78 Å². The van der Waals surface area contributed by atoms with Crippen LogP contribution in [0, 0.1) is 23.3 Å². The van der Waals surface area contributed by atoms with E-state index in [1.807, 2.05) is 0 Å². The Morgan fingerprint density at radius 2 is 1.47 bits per heavy atom. The van der Waals surface area contributed by atoms with Gasteiger partial charge in [-0.3, -0.25) is 4.79 Å². The summed E-state index contributed by atoms with van der Waals surface area (Å²) in [6.07, 6.45) is 2.96. The highest BCUT2D eigenvalue weighted by molar-refractivity contribution is 5.92. The van der Waals surface area contributed by atoms with Gasteiger partial charge in [0.25, 0.3) is 0 Å². The van der Waals surface area contributed by atoms with E-state index in [1.54, 1.807) is 0 Å². The average Bonchev–Trinajstić information content (AvgIpc) is 2.33. The largest absolute Gasteiger partial charge is 0.299 e. The summed E-state index contributed by atoms with van der Waals surface area (Å²) in [5.74, 6) is -8.47. The van der Waals surface area contributed by atoms with Gasteiger partial charge in [0.2, 0.25) is 0 Å². The Balaban J connectivity index is 2.40. The second-order valence-electron chi connectivity index (χ2n) is 4.22. The van der Waals surface area contributed by atoms with Gasteiger partial charge >= 0.3 is 0 Å².